The lowest BCUT2D eigenvalue weighted by Crippen LogP contribution is -2.20. The van der Waals surface area contributed by atoms with Gasteiger partial charge in [0.15, 0.2) is 5.75 Å². The Kier molecular flexibility index (Phi) is 6.84. The van der Waals surface area contributed by atoms with Gasteiger partial charge in [-0.1, -0.05) is 12.1 Å². The van der Waals surface area contributed by atoms with Crippen LogP contribution in [0.4, 0.5) is 5.69 Å². The van der Waals surface area contributed by atoms with Gasteiger partial charge in [-0.15, -0.1) is 0 Å². The third-order valence-corrected chi connectivity index (χ3v) is 8.93. The number of H-pyrrole nitrogens is 2. The summed E-state index contributed by atoms with van der Waals surface area (Å²) in [7, 11) is 3.05. The molecule has 0 aliphatic carbocycles. The number of methoxy groups -OCH3 is 2. The maximum Gasteiger partial charge on any atom is 0.314 e. The van der Waals surface area contributed by atoms with Gasteiger partial charge < -0.3 is 24.5 Å². The monoisotopic (exact) mass is 591 g/mol. The summed E-state index contributed by atoms with van der Waals surface area (Å²) in [5, 5.41) is 24.9. The second kappa shape index (κ2) is 10.9. The van der Waals surface area contributed by atoms with Crippen molar-refractivity contribution >= 4 is 38.9 Å². The Morgan fingerprint density at radius 3 is 2.09 bits per heavy atom. The Hall–Kier alpha value is -5.12. The average Bonchev–Trinajstić information content (AvgIpc) is 3.59. The topological polar surface area (TPSA) is 138 Å². The summed E-state index contributed by atoms with van der Waals surface area (Å²) in [5.74, 6) is 0.114. The molecule has 1 unspecified atom stereocenters. The number of hydrogen-bond acceptors (Lipinski definition) is 7. The van der Waals surface area contributed by atoms with E-state index in [2.05, 4.69) is 41.2 Å². The van der Waals surface area contributed by atoms with E-state index in [9.17, 15) is 15.2 Å². The van der Waals surface area contributed by atoms with Gasteiger partial charge in [-0.25, -0.2) is 0 Å². The normalized spacial score (nSPS) is 15.0. The minimum Gasteiger partial charge on any atom is -0.500 e. The lowest BCUT2D eigenvalue weighted by atomic mass is 9.84. The largest absolute Gasteiger partial charge is 0.500 e. The minimum atomic E-state index is -0.573. The molecule has 3 N–H and O–H groups in total. The summed E-state index contributed by atoms with van der Waals surface area (Å²) in [4.78, 5) is 28.5. The number of nitrogens with zero attached hydrogens (tertiary/aromatic N) is 3. The first-order valence-electron chi connectivity index (χ1n) is 14.8. The number of nitrogens with one attached hydrogen (secondary N) is 2. The number of nitro groups is 1. The van der Waals surface area contributed by atoms with Crippen molar-refractivity contribution in [3.8, 4) is 17.2 Å². The quantitative estimate of drug-likeness (QED) is 0.139. The molecule has 2 aromatic heterocycles. The van der Waals surface area contributed by atoms with Crippen LogP contribution in [0, 0.1) is 17.0 Å². The number of aromatic hydroxyl groups is 1. The molecule has 4 heterocycles. The van der Waals surface area contributed by atoms with E-state index in [1.54, 1.807) is 13.2 Å². The SMILES string of the molecule is COc1ccc2c3c([nH]c2c1)C(CC(CC1=NCCc2c1[nH]c1cc(C)ccc21)c1cc(OC)c(O)c([N+](=O)[O-])c1)=NCC3. The van der Waals surface area contributed by atoms with Gasteiger partial charge in [0.25, 0.3) is 0 Å². The average molecular weight is 592 g/mol. The Morgan fingerprint density at radius 2 is 1.50 bits per heavy atom. The Balaban J connectivity index is 1.33. The first-order chi connectivity index (χ1) is 21.3. The van der Waals surface area contributed by atoms with Crippen LogP contribution in [0.5, 0.6) is 17.2 Å². The van der Waals surface area contributed by atoms with Crippen LogP contribution in [0.2, 0.25) is 0 Å². The number of phenols is 1. The van der Waals surface area contributed by atoms with Crippen molar-refractivity contribution in [2.45, 2.75) is 38.5 Å². The molecule has 0 bridgehead atoms. The molecule has 44 heavy (non-hydrogen) atoms. The molecule has 3 aromatic carbocycles. The van der Waals surface area contributed by atoms with Gasteiger partial charge in [-0.3, -0.25) is 20.1 Å². The van der Waals surface area contributed by atoms with Gasteiger partial charge in [-0.05, 0) is 85.0 Å². The molecule has 2 aliphatic heterocycles. The van der Waals surface area contributed by atoms with Gasteiger partial charge in [-0.2, -0.15) is 0 Å². The number of ether oxygens (including phenoxy) is 2. The van der Waals surface area contributed by atoms with E-state index in [1.807, 2.05) is 12.1 Å². The van der Waals surface area contributed by atoms with Crippen LogP contribution in [0.25, 0.3) is 21.8 Å². The molecule has 0 radical (unpaired) electrons. The van der Waals surface area contributed by atoms with Crippen molar-refractivity contribution in [1.29, 1.82) is 0 Å². The molecular weight excluding hydrogens is 558 g/mol. The maximum absolute atomic E-state index is 12.0. The highest BCUT2D eigenvalue weighted by Crippen LogP contribution is 2.42. The number of hydrogen-bond donors (Lipinski definition) is 3. The first-order valence-corrected chi connectivity index (χ1v) is 14.8. The van der Waals surface area contributed by atoms with Crippen LogP contribution in [0.15, 0.2) is 58.5 Å². The van der Waals surface area contributed by atoms with Crippen molar-refractivity contribution in [2.75, 3.05) is 27.3 Å². The highest BCUT2D eigenvalue weighted by molar-refractivity contribution is 6.09. The summed E-state index contributed by atoms with van der Waals surface area (Å²) in [6, 6.07) is 15.6. The number of phenolic OH excluding ortho intramolecular Hbond substituents is 1. The van der Waals surface area contributed by atoms with Crippen molar-refractivity contribution in [1.82, 2.24) is 9.97 Å². The number of benzene rings is 3. The fourth-order valence-corrected chi connectivity index (χ4v) is 6.76. The maximum atomic E-state index is 12.0. The van der Waals surface area contributed by atoms with Crippen LogP contribution in [0.3, 0.4) is 0 Å². The third kappa shape index (κ3) is 4.67. The van der Waals surface area contributed by atoms with E-state index < -0.39 is 10.7 Å². The zero-order valence-corrected chi connectivity index (χ0v) is 24.9. The zero-order chi connectivity index (χ0) is 30.5. The lowest BCUT2D eigenvalue weighted by molar-refractivity contribution is -0.386. The molecule has 0 fully saturated rings. The number of aromatic nitrogens is 2. The summed E-state index contributed by atoms with van der Waals surface area (Å²) < 4.78 is 10.8. The minimum absolute atomic E-state index is 0.0653. The highest BCUT2D eigenvalue weighted by atomic mass is 16.6. The van der Waals surface area contributed by atoms with Crippen LogP contribution in [-0.4, -0.2) is 58.7 Å². The summed E-state index contributed by atoms with van der Waals surface area (Å²) >= 11 is 0. The van der Waals surface area contributed by atoms with E-state index in [0.29, 0.717) is 31.5 Å². The molecule has 5 aromatic rings. The van der Waals surface area contributed by atoms with Crippen molar-refractivity contribution < 1.29 is 19.5 Å². The van der Waals surface area contributed by atoms with Gasteiger partial charge in [0.05, 0.1) is 42.0 Å². The fourth-order valence-electron chi connectivity index (χ4n) is 6.76. The number of rotatable bonds is 8. The van der Waals surface area contributed by atoms with Gasteiger partial charge in [0, 0.05) is 47.0 Å². The second-order valence-corrected chi connectivity index (χ2v) is 11.5. The summed E-state index contributed by atoms with van der Waals surface area (Å²) in [5.41, 5.74) is 9.84. The lowest BCUT2D eigenvalue weighted by Gasteiger charge is -2.23. The first kappa shape index (κ1) is 27.7. The molecule has 0 saturated carbocycles. The van der Waals surface area contributed by atoms with Crippen molar-refractivity contribution in [2.24, 2.45) is 9.98 Å². The molecule has 7 rings (SSSR count). The molecule has 0 amide bonds. The predicted octanol–water partition coefficient (Wildman–Crippen LogP) is 6.54. The van der Waals surface area contributed by atoms with Crippen molar-refractivity contribution in [3.05, 3.63) is 92.3 Å². The van der Waals surface area contributed by atoms with E-state index in [1.165, 1.54) is 35.3 Å². The molecule has 1 atom stereocenters. The number of fused-ring (bicyclic) bond motifs is 6. The van der Waals surface area contributed by atoms with Crippen LogP contribution >= 0.6 is 0 Å². The van der Waals surface area contributed by atoms with Crippen LogP contribution in [0.1, 0.15) is 52.4 Å². The van der Waals surface area contributed by atoms with Crippen LogP contribution in [-0.2, 0) is 12.8 Å². The van der Waals surface area contributed by atoms with Gasteiger partial charge in [0.1, 0.15) is 5.75 Å². The number of aromatic amines is 2. The van der Waals surface area contributed by atoms with Gasteiger partial charge in [0.2, 0.25) is 5.75 Å². The Bertz CT molecular complexity index is 2020. The smallest absolute Gasteiger partial charge is 0.314 e. The Morgan fingerprint density at radius 1 is 0.886 bits per heavy atom. The predicted molar refractivity (Wildman–Crippen MR) is 171 cm³/mol. The second-order valence-electron chi connectivity index (χ2n) is 11.5. The fraction of sp³-hybridized carbons (Fsp3) is 0.294. The molecule has 10 heteroatoms. The van der Waals surface area contributed by atoms with Gasteiger partial charge >= 0.3 is 5.69 Å². The zero-order valence-electron chi connectivity index (χ0n) is 24.9. The van der Waals surface area contributed by atoms with Crippen LogP contribution < -0.4 is 9.47 Å². The molecule has 0 saturated heterocycles. The highest BCUT2D eigenvalue weighted by Gasteiger charge is 2.30. The summed E-state index contributed by atoms with van der Waals surface area (Å²) in [6.45, 7) is 3.40. The standard InChI is InChI=1S/C34H33N5O5/c1-18-4-6-22-24-8-10-35-28(32(24)37-26(22)12-18)13-19(20-15-30(39(41)42)34(40)31(16-20)44-3)14-29-33-25(9-11-36-29)23-7-5-21(43-2)17-27(23)38-33/h4-7,12,15-17,19,37-38,40H,8-11,13-14H2,1-3H3. The van der Waals surface area contributed by atoms with E-state index in [0.717, 1.165) is 57.8 Å². The number of aliphatic imine (C=N–C) groups is 2. The number of nitro benzene ring substituents is 1. The van der Waals surface area contributed by atoms with E-state index in [-0.39, 0.29) is 17.4 Å². The molecule has 0 spiro atoms. The number of aryl methyl sites for hydroxylation is 1. The third-order valence-electron chi connectivity index (χ3n) is 8.93. The Labute approximate surface area is 253 Å². The molecule has 10 nitrogen and oxygen atoms in total. The summed E-state index contributed by atoms with van der Waals surface area (Å²) in [6.07, 6.45) is 2.70. The van der Waals surface area contributed by atoms with E-state index in [4.69, 9.17) is 19.5 Å². The van der Waals surface area contributed by atoms with E-state index >= 15 is 0 Å². The molecule has 224 valence electrons. The molecular formula is C34H33N5O5. The van der Waals surface area contributed by atoms with Crippen molar-refractivity contribution in [3.63, 3.8) is 0 Å². The molecule has 2 aliphatic rings.